The molecule has 4 rings (SSSR count). The van der Waals surface area contributed by atoms with Crippen molar-refractivity contribution in [2.45, 2.75) is 12.7 Å². The Bertz CT molecular complexity index is 1130. The highest BCUT2D eigenvalue weighted by molar-refractivity contribution is 7.10. The summed E-state index contributed by atoms with van der Waals surface area (Å²) in [6, 6.07) is 7.75. The van der Waals surface area contributed by atoms with E-state index in [2.05, 4.69) is 9.97 Å². The van der Waals surface area contributed by atoms with E-state index in [1.165, 1.54) is 9.95 Å². The zero-order valence-electron chi connectivity index (χ0n) is 13.4. The van der Waals surface area contributed by atoms with Gasteiger partial charge in [0.25, 0.3) is 0 Å². The van der Waals surface area contributed by atoms with Gasteiger partial charge in [0.05, 0.1) is 17.9 Å². The second kappa shape index (κ2) is 6.50. The van der Waals surface area contributed by atoms with Crippen molar-refractivity contribution in [3.8, 4) is 17.2 Å². The van der Waals surface area contributed by atoms with Crippen LogP contribution in [0.3, 0.4) is 0 Å². The standard InChI is InChI=1S/C17H10ClF3N4OS/c18-14-4-3-10(7-22-14)8-24-5-1-2-12-15(24)23-16(26)25(12)11-6-13(27-9-11)17(19,20)21/h1-7,9H,8H2. The maximum atomic E-state index is 12.9. The van der Waals surface area contributed by atoms with Crippen molar-refractivity contribution in [2.75, 3.05) is 0 Å². The van der Waals surface area contributed by atoms with Gasteiger partial charge in [-0.1, -0.05) is 17.7 Å². The number of halogens is 4. The van der Waals surface area contributed by atoms with E-state index < -0.39 is 16.7 Å². The first kappa shape index (κ1) is 17.7. The van der Waals surface area contributed by atoms with Crippen molar-refractivity contribution in [3.05, 3.63) is 74.2 Å². The van der Waals surface area contributed by atoms with Crippen molar-refractivity contribution in [2.24, 2.45) is 0 Å². The second-order valence-electron chi connectivity index (χ2n) is 5.73. The first-order chi connectivity index (χ1) is 12.8. The molecule has 2 aliphatic heterocycles. The molecule has 138 valence electrons. The van der Waals surface area contributed by atoms with Crippen molar-refractivity contribution in [1.82, 2.24) is 19.1 Å². The van der Waals surface area contributed by atoms with Gasteiger partial charge in [-0.3, -0.25) is 4.57 Å². The lowest BCUT2D eigenvalue weighted by molar-refractivity contribution is -0.134. The SMILES string of the molecule is O=c1nc2n(Cc3ccc(Cl)nc3)cccc-2n1-c1csc(C(F)(F)F)c1. The number of aromatic nitrogens is 4. The first-order valence-corrected chi connectivity index (χ1v) is 8.93. The average molecular weight is 411 g/mol. The summed E-state index contributed by atoms with van der Waals surface area (Å²) in [5.74, 6) is 0.372. The van der Waals surface area contributed by atoms with Crippen LogP contribution < -0.4 is 5.69 Å². The zero-order chi connectivity index (χ0) is 19.2. The first-order valence-electron chi connectivity index (χ1n) is 7.67. The Morgan fingerprint density at radius 1 is 1.22 bits per heavy atom. The van der Waals surface area contributed by atoms with E-state index in [0.29, 0.717) is 34.6 Å². The van der Waals surface area contributed by atoms with Crippen LogP contribution in [0.4, 0.5) is 13.2 Å². The summed E-state index contributed by atoms with van der Waals surface area (Å²) in [5, 5.41) is 1.66. The summed E-state index contributed by atoms with van der Waals surface area (Å²) in [7, 11) is 0. The number of pyridine rings is 2. The highest BCUT2D eigenvalue weighted by Gasteiger charge is 2.33. The number of nitrogens with zero attached hydrogens (tertiary/aromatic N) is 4. The van der Waals surface area contributed by atoms with Crippen LogP contribution in [0.5, 0.6) is 0 Å². The normalized spacial score (nSPS) is 12.0. The summed E-state index contributed by atoms with van der Waals surface area (Å²) in [5.41, 5.74) is 0.779. The molecule has 0 aromatic carbocycles. The van der Waals surface area contributed by atoms with Gasteiger partial charge in [-0.05, 0) is 29.8 Å². The molecule has 10 heteroatoms. The number of hydrogen-bond acceptors (Lipinski definition) is 4. The van der Waals surface area contributed by atoms with Crippen LogP contribution in [0.1, 0.15) is 10.4 Å². The molecule has 0 bridgehead atoms. The Morgan fingerprint density at radius 2 is 2.04 bits per heavy atom. The van der Waals surface area contributed by atoms with Gasteiger partial charge in [0.2, 0.25) is 0 Å². The highest BCUT2D eigenvalue weighted by atomic mass is 35.5. The molecule has 0 saturated heterocycles. The second-order valence-corrected chi connectivity index (χ2v) is 7.03. The Labute approximate surface area is 159 Å². The van der Waals surface area contributed by atoms with Crippen LogP contribution in [0.15, 0.2) is 52.9 Å². The van der Waals surface area contributed by atoms with Crippen molar-refractivity contribution < 1.29 is 13.2 Å². The van der Waals surface area contributed by atoms with Crippen LogP contribution in [-0.2, 0) is 12.7 Å². The third-order valence-electron chi connectivity index (χ3n) is 3.92. The van der Waals surface area contributed by atoms with Gasteiger partial charge in [-0.2, -0.15) is 18.2 Å². The monoisotopic (exact) mass is 410 g/mol. The van der Waals surface area contributed by atoms with E-state index in [9.17, 15) is 18.0 Å². The fourth-order valence-electron chi connectivity index (χ4n) is 2.74. The molecule has 0 fully saturated rings. The van der Waals surface area contributed by atoms with Crippen molar-refractivity contribution in [3.63, 3.8) is 0 Å². The van der Waals surface area contributed by atoms with Gasteiger partial charge in [0, 0.05) is 17.8 Å². The molecule has 0 aliphatic carbocycles. The van der Waals surface area contributed by atoms with Gasteiger partial charge >= 0.3 is 11.9 Å². The molecule has 5 nitrogen and oxygen atoms in total. The Hall–Kier alpha value is -2.65. The van der Waals surface area contributed by atoms with Crippen LogP contribution in [0.25, 0.3) is 17.2 Å². The van der Waals surface area contributed by atoms with Crippen LogP contribution in [0.2, 0.25) is 5.15 Å². The number of rotatable bonds is 3. The summed E-state index contributed by atoms with van der Waals surface area (Å²) in [4.78, 5) is 19.6. The highest BCUT2D eigenvalue weighted by Crippen LogP contribution is 2.35. The fraction of sp³-hybridized carbons (Fsp3) is 0.118. The molecule has 2 aliphatic rings. The maximum absolute atomic E-state index is 12.9. The molecule has 0 spiro atoms. The molecule has 0 radical (unpaired) electrons. The number of fused-ring (bicyclic) bond motifs is 1. The zero-order valence-corrected chi connectivity index (χ0v) is 15.0. The summed E-state index contributed by atoms with van der Waals surface area (Å²) in [6.45, 7) is 0.384. The molecule has 0 unspecified atom stereocenters. The molecule has 0 amide bonds. The molecule has 27 heavy (non-hydrogen) atoms. The predicted molar refractivity (Wildman–Crippen MR) is 95.7 cm³/mol. The van der Waals surface area contributed by atoms with Crippen LogP contribution in [0, 0.1) is 0 Å². The summed E-state index contributed by atoms with van der Waals surface area (Å²) in [6.07, 6.45) is -1.11. The van der Waals surface area contributed by atoms with Crippen LogP contribution in [-0.4, -0.2) is 19.1 Å². The minimum absolute atomic E-state index is 0.144. The minimum atomic E-state index is -4.45. The largest absolute Gasteiger partial charge is 0.425 e. The minimum Gasteiger partial charge on any atom is -0.327 e. The topological polar surface area (TPSA) is 52.7 Å². The van der Waals surface area contributed by atoms with E-state index >= 15 is 0 Å². The quantitative estimate of drug-likeness (QED) is 0.473. The molecular formula is C17H10ClF3N4OS. The number of alkyl halides is 3. The maximum Gasteiger partial charge on any atom is 0.425 e. The number of imidazole rings is 1. The lowest BCUT2D eigenvalue weighted by Crippen LogP contribution is -2.13. The molecule has 2 aromatic rings. The third kappa shape index (κ3) is 3.35. The number of hydrogen-bond donors (Lipinski definition) is 0. The van der Waals surface area contributed by atoms with E-state index in [0.717, 1.165) is 11.6 Å². The molecular weight excluding hydrogens is 401 g/mol. The van der Waals surface area contributed by atoms with E-state index in [1.807, 2.05) is 0 Å². The smallest absolute Gasteiger partial charge is 0.327 e. The molecule has 2 aromatic heterocycles. The van der Waals surface area contributed by atoms with E-state index in [-0.39, 0.29) is 5.69 Å². The molecule has 0 saturated carbocycles. The Morgan fingerprint density at radius 3 is 2.70 bits per heavy atom. The Balaban J connectivity index is 1.75. The Kier molecular flexibility index (Phi) is 4.27. The van der Waals surface area contributed by atoms with Gasteiger partial charge in [-0.15, -0.1) is 11.3 Å². The lowest BCUT2D eigenvalue weighted by Gasteiger charge is -2.12. The lowest BCUT2D eigenvalue weighted by atomic mass is 10.2. The van der Waals surface area contributed by atoms with Crippen molar-refractivity contribution >= 4 is 22.9 Å². The molecule has 4 heterocycles. The molecule has 0 atom stereocenters. The summed E-state index contributed by atoms with van der Waals surface area (Å²) >= 11 is 6.32. The van der Waals surface area contributed by atoms with Crippen LogP contribution >= 0.6 is 22.9 Å². The third-order valence-corrected chi connectivity index (χ3v) is 5.11. The van der Waals surface area contributed by atoms with E-state index in [1.54, 1.807) is 41.2 Å². The fourth-order valence-corrected chi connectivity index (χ4v) is 3.59. The average Bonchev–Trinajstić information content (AvgIpc) is 3.21. The molecule has 0 N–H and O–H groups in total. The van der Waals surface area contributed by atoms with Gasteiger partial charge in [0.1, 0.15) is 10.0 Å². The van der Waals surface area contributed by atoms with Gasteiger partial charge < -0.3 is 4.57 Å². The predicted octanol–water partition coefficient (Wildman–Crippen LogP) is 4.32. The van der Waals surface area contributed by atoms with Gasteiger partial charge in [0.15, 0.2) is 5.82 Å². The van der Waals surface area contributed by atoms with Gasteiger partial charge in [-0.25, -0.2) is 9.78 Å². The number of thiophene rings is 1. The van der Waals surface area contributed by atoms with E-state index in [4.69, 9.17) is 11.6 Å². The van der Waals surface area contributed by atoms with Crippen molar-refractivity contribution in [1.29, 1.82) is 0 Å². The summed E-state index contributed by atoms with van der Waals surface area (Å²) < 4.78 is 41.5.